The molecule has 0 spiro atoms. The predicted molar refractivity (Wildman–Crippen MR) is 179 cm³/mol. The molecular formula is C34H50N8O4. The minimum atomic E-state index is -1.71. The highest BCUT2D eigenvalue weighted by molar-refractivity contribution is 6.06. The number of nitrogens with one attached hydrogen (secondary N) is 2. The predicted octanol–water partition coefficient (Wildman–Crippen LogP) is 3.59. The molecule has 1 saturated heterocycles. The van der Waals surface area contributed by atoms with Crippen LogP contribution in [0.15, 0.2) is 24.4 Å². The molecule has 3 N–H and O–H groups in total. The number of fused-ring (bicyclic) bond motifs is 1. The van der Waals surface area contributed by atoms with E-state index in [9.17, 15) is 14.7 Å². The van der Waals surface area contributed by atoms with Crippen molar-refractivity contribution in [2.24, 2.45) is 5.92 Å². The lowest BCUT2D eigenvalue weighted by molar-refractivity contribution is -0.138. The molecule has 1 aromatic carbocycles. The lowest BCUT2D eigenvalue weighted by Gasteiger charge is -2.47. The molecule has 2 aliphatic carbocycles. The summed E-state index contributed by atoms with van der Waals surface area (Å²) in [5.74, 6) is 1.66. The number of anilines is 4. The second kappa shape index (κ2) is 13.3. The van der Waals surface area contributed by atoms with Gasteiger partial charge in [0.25, 0.3) is 11.8 Å². The standard InChI is InChI=1S/C34H50N8O4/c1-6-34(45)32(44)39(4)28-20-35-33(38-30(28)42(34)22(2)3)37-27-14-9-24(19-29(27)46-5)31(43)36-25-10-12-26(13-11-25)41-17-15-40(16-18-41)21-23-7-8-23/h9,14,19-20,22-23,25-26,45H,6-8,10-13,15-18,21H2,1-5H3,(H,36,43)(H,35,37,38). The molecule has 2 aromatic rings. The molecule has 0 radical (unpaired) electrons. The highest BCUT2D eigenvalue weighted by atomic mass is 16.5. The first-order chi connectivity index (χ1) is 22.1. The number of carbonyl (C=O) groups excluding carboxylic acids is 2. The van der Waals surface area contributed by atoms with E-state index in [-0.39, 0.29) is 30.4 Å². The SMILES string of the molecule is CCC1(O)C(=O)N(C)c2cnc(Nc3ccc(C(=O)NC4CCC(N5CCN(CC6CC6)CC5)CC4)cc3OC)nc2N1C(C)C. The smallest absolute Gasteiger partial charge is 0.280 e. The average Bonchev–Trinajstić information content (AvgIpc) is 3.88. The molecule has 12 heteroatoms. The summed E-state index contributed by atoms with van der Waals surface area (Å²) < 4.78 is 5.65. The quantitative estimate of drug-likeness (QED) is 0.357. The summed E-state index contributed by atoms with van der Waals surface area (Å²) in [7, 11) is 3.18. The molecular weight excluding hydrogens is 584 g/mol. The van der Waals surface area contributed by atoms with Gasteiger partial charge in [0.15, 0.2) is 5.82 Å². The summed E-state index contributed by atoms with van der Waals surface area (Å²) in [5, 5.41) is 17.8. The Morgan fingerprint density at radius 2 is 1.83 bits per heavy atom. The molecule has 1 unspecified atom stereocenters. The number of aromatic nitrogens is 2. The molecule has 2 saturated carbocycles. The fraction of sp³-hybridized carbons (Fsp3) is 0.647. The Bertz CT molecular complexity index is 1420. The van der Waals surface area contributed by atoms with Gasteiger partial charge in [-0.05, 0) is 76.5 Å². The highest BCUT2D eigenvalue weighted by Gasteiger charge is 2.50. The molecule has 1 atom stereocenters. The van der Waals surface area contributed by atoms with Crippen LogP contribution in [0.1, 0.15) is 76.1 Å². The summed E-state index contributed by atoms with van der Waals surface area (Å²) in [5.41, 5.74) is -0.0691. The molecule has 0 bridgehead atoms. The van der Waals surface area contributed by atoms with Gasteiger partial charge in [0.2, 0.25) is 11.7 Å². The van der Waals surface area contributed by atoms with Crippen LogP contribution in [0.3, 0.4) is 0 Å². The van der Waals surface area contributed by atoms with Crippen molar-refractivity contribution in [3.63, 3.8) is 0 Å². The molecule has 3 heterocycles. The zero-order chi connectivity index (χ0) is 32.6. The summed E-state index contributed by atoms with van der Waals surface area (Å²) >= 11 is 0. The van der Waals surface area contributed by atoms with Crippen LogP contribution in [0.4, 0.5) is 23.1 Å². The Morgan fingerprint density at radius 3 is 2.46 bits per heavy atom. The first kappa shape index (κ1) is 32.5. The van der Waals surface area contributed by atoms with Gasteiger partial charge in [-0.2, -0.15) is 4.98 Å². The number of hydrogen-bond donors (Lipinski definition) is 3. The molecule has 6 rings (SSSR count). The maximum absolute atomic E-state index is 13.3. The van der Waals surface area contributed by atoms with E-state index in [4.69, 9.17) is 9.72 Å². The number of nitrogens with zero attached hydrogens (tertiary/aromatic N) is 6. The van der Waals surface area contributed by atoms with Crippen molar-refractivity contribution >= 4 is 35.0 Å². The Labute approximate surface area is 272 Å². The minimum absolute atomic E-state index is 0.105. The van der Waals surface area contributed by atoms with Gasteiger partial charge < -0.3 is 35.2 Å². The highest BCUT2D eigenvalue weighted by Crippen LogP contribution is 2.41. The van der Waals surface area contributed by atoms with E-state index in [0.717, 1.165) is 31.6 Å². The van der Waals surface area contributed by atoms with Gasteiger partial charge in [-0.1, -0.05) is 6.92 Å². The number of aliphatic hydroxyl groups is 1. The molecule has 3 fully saturated rings. The van der Waals surface area contributed by atoms with Crippen molar-refractivity contribution in [3.05, 3.63) is 30.0 Å². The number of amides is 2. The van der Waals surface area contributed by atoms with Crippen LogP contribution in [-0.4, -0.2) is 107 Å². The molecule has 4 aliphatic rings. The average molecular weight is 635 g/mol. The van der Waals surface area contributed by atoms with E-state index in [1.54, 1.807) is 50.4 Å². The van der Waals surface area contributed by atoms with Gasteiger partial charge in [0.05, 0.1) is 19.0 Å². The van der Waals surface area contributed by atoms with E-state index in [0.29, 0.717) is 34.5 Å². The van der Waals surface area contributed by atoms with Crippen LogP contribution >= 0.6 is 0 Å². The Kier molecular flexibility index (Phi) is 9.40. The number of rotatable bonds is 10. The molecule has 250 valence electrons. The maximum atomic E-state index is 13.3. The van der Waals surface area contributed by atoms with Crippen molar-refractivity contribution in [2.75, 3.05) is 62.0 Å². The van der Waals surface area contributed by atoms with Crippen molar-refractivity contribution in [2.45, 2.75) is 89.6 Å². The molecule has 12 nitrogen and oxygen atoms in total. The number of benzene rings is 1. The normalized spacial score (nSPS) is 25.8. The molecule has 1 aromatic heterocycles. The van der Waals surface area contributed by atoms with Crippen molar-refractivity contribution in [1.29, 1.82) is 0 Å². The van der Waals surface area contributed by atoms with E-state index in [1.165, 1.54) is 50.5 Å². The van der Waals surface area contributed by atoms with Crippen LogP contribution in [0, 0.1) is 5.92 Å². The first-order valence-electron chi connectivity index (χ1n) is 17.0. The number of ether oxygens (including phenoxy) is 1. The third-order valence-electron chi connectivity index (χ3n) is 10.3. The monoisotopic (exact) mass is 634 g/mol. The number of piperazine rings is 1. The third-order valence-corrected chi connectivity index (χ3v) is 10.3. The second-order valence-corrected chi connectivity index (χ2v) is 13.7. The summed E-state index contributed by atoms with van der Waals surface area (Å²) in [4.78, 5) is 43.9. The molecule has 2 amide bonds. The summed E-state index contributed by atoms with van der Waals surface area (Å²) in [6, 6.07) is 5.88. The van der Waals surface area contributed by atoms with Crippen LogP contribution in [0.5, 0.6) is 5.75 Å². The van der Waals surface area contributed by atoms with E-state index < -0.39 is 11.6 Å². The fourth-order valence-electron chi connectivity index (χ4n) is 7.38. The second-order valence-electron chi connectivity index (χ2n) is 13.7. The lowest BCUT2D eigenvalue weighted by atomic mass is 9.89. The fourth-order valence-corrected chi connectivity index (χ4v) is 7.38. The number of methoxy groups -OCH3 is 1. The summed E-state index contributed by atoms with van der Waals surface area (Å²) in [6.45, 7) is 11.6. The van der Waals surface area contributed by atoms with E-state index in [1.807, 2.05) is 13.8 Å². The van der Waals surface area contributed by atoms with E-state index in [2.05, 4.69) is 25.4 Å². The minimum Gasteiger partial charge on any atom is -0.495 e. The topological polar surface area (TPSA) is 126 Å². The number of likely N-dealkylation sites (N-methyl/N-ethyl adjacent to an activating group) is 1. The van der Waals surface area contributed by atoms with Gasteiger partial charge in [0.1, 0.15) is 11.4 Å². The van der Waals surface area contributed by atoms with Gasteiger partial charge in [0, 0.05) is 69.9 Å². The van der Waals surface area contributed by atoms with Crippen LogP contribution < -0.4 is 25.2 Å². The zero-order valence-corrected chi connectivity index (χ0v) is 28.0. The molecule has 46 heavy (non-hydrogen) atoms. The number of carbonyl (C=O) groups is 2. The van der Waals surface area contributed by atoms with Crippen LogP contribution in [0.25, 0.3) is 0 Å². The zero-order valence-electron chi connectivity index (χ0n) is 28.0. The van der Waals surface area contributed by atoms with Gasteiger partial charge >= 0.3 is 0 Å². The lowest BCUT2D eigenvalue weighted by Crippen LogP contribution is -2.65. The Morgan fingerprint density at radius 1 is 1.11 bits per heavy atom. The van der Waals surface area contributed by atoms with Gasteiger partial charge in [-0.3, -0.25) is 14.5 Å². The molecule has 2 aliphatic heterocycles. The van der Waals surface area contributed by atoms with Crippen LogP contribution in [-0.2, 0) is 4.79 Å². The Balaban J connectivity index is 1.07. The van der Waals surface area contributed by atoms with Crippen molar-refractivity contribution in [1.82, 2.24) is 25.1 Å². The van der Waals surface area contributed by atoms with Gasteiger partial charge in [-0.15, -0.1) is 0 Å². The van der Waals surface area contributed by atoms with E-state index >= 15 is 0 Å². The summed E-state index contributed by atoms with van der Waals surface area (Å²) in [6.07, 6.45) is 8.84. The van der Waals surface area contributed by atoms with Crippen molar-refractivity contribution < 1.29 is 19.4 Å². The Hall–Kier alpha value is -3.48. The first-order valence-corrected chi connectivity index (χ1v) is 17.0. The van der Waals surface area contributed by atoms with Gasteiger partial charge in [-0.25, -0.2) is 4.98 Å². The largest absolute Gasteiger partial charge is 0.495 e. The number of hydrogen-bond acceptors (Lipinski definition) is 10. The van der Waals surface area contributed by atoms with Crippen LogP contribution in [0.2, 0.25) is 0 Å². The third kappa shape index (κ3) is 6.52. The maximum Gasteiger partial charge on any atom is 0.280 e. The van der Waals surface area contributed by atoms with Crippen molar-refractivity contribution in [3.8, 4) is 5.75 Å².